The van der Waals surface area contributed by atoms with Gasteiger partial charge in [-0.05, 0) is 17.7 Å². The van der Waals surface area contributed by atoms with E-state index in [9.17, 15) is 27.7 Å². The van der Waals surface area contributed by atoms with Crippen LogP contribution in [-0.4, -0.2) is 17.7 Å². The van der Waals surface area contributed by atoms with Crippen LogP contribution in [0.2, 0.25) is 0 Å². The maximum absolute atomic E-state index is 13.0. The Hall–Kier alpha value is -1.70. The second kappa shape index (κ2) is 5.09. The molecule has 0 aromatic heterocycles. The fourth-order valence-corrected chi connectivity index (χ4v) is 1.07. The quantitative estimate of drug-likeness (QED) is 0.471. The number of nitro benzene ring substituents is 1. The molecule has 0 spiro atoms. The van der Waals surface area contributed by atoms with Crippen molar-refractivity contribution in [1.29, 1.82) is 0 Å². The van der Waals surface area contributed by atoms with E-state index in [1.165, 1.54) is 0 Å². The fourth-order valence-electron chi connectivity index (χ4n) is 1.07. The van der Waals surface area contributed by atoms with Gasteiger partial charge in [-0.3, -0.25) is 10.1 Å². The van der Waals surface area contributed by atoms with Gasteiger partial charge in [0.15, 0.2) is 0 Å². The van der Waals surface area contributed by atoms with Crippen LogP contribution in [0.3, 0.4) is 0 Å². The van der Waals surface area contributed by atoms with Gasteiger partial charge in [0.2, 0.25) is 5.82 Å². The Kier molecular flexibility index (Phi) is 4.00. The summed E-state index contributed by atoms with van der Waals surface area (Å²) in [6, 6.07) is 2.79. The Labute approximate surface area is 93.0 Å². The van der Waals surface area contributed by atoms with Crippen molar-refractivity contribution >= 4 is 5.69 Å². The van der Waals surface area contributed by atoms with Crippen molar-refractivity contribution < 1.29 is 27.2 Å². The molecule has 1 aromatic rings. The number of alkyl halides is 3. The summed E-state index contributed by atoms with van der Waals surface area (Å²) < 4.78 is 52.5. The number of hydrogen-bond acceptors (Lipinski definition) is 3. The van der Waals surface area contributed by atoms with Crippen LogP contribution < -0.4 is 0 Å². The third-order valence-electron chi connectivity index (χ3n) is 1.74. The summed E-state index contributed by atoms with van der Waals surface area (Å²) in [6.45, 7) is -1.92. The van der Waals surface area contributed by atoms with E-state index in [2.05, 4.69) is 4.74 Å². The van der Waals surface area contributed by atoms with Crippen molar-refractivity contribution in [2.24, 2.45) is 0 Å². The highest BCUT2D eigenvalue weighted by Gasteiger charge is 2.27. The molecule has 0 N–H and O–H groups in total. The Morgan fingerprint density at radius 2 is 2.00 bits per heavy atom. The predicted molar refractivity (Wildman–Crippen MR) is 48.8 cm³/mol. The first kappa shape index (κ1) is 13.4. The van der Waals surface area contributed by atoms with Crippen LogP contribution in [0.15, 0.2) is 18.2 Å². The molecule has 0 aliphatic carbocycles. The Morgan fingerprint density at radius 1 is 1.35 bits per heavy atom. The number of nitrogens with zero attached hydrogens (tertiary/aromatic N) is 1. The van der Waals surface area contributed by atoms with Crippen LogP contribution in [0.25, 0.3) is 0 Å². The minimum absolute atomic E-state index is 0.0948. The molecule has 0 radical (unpaired) electrons. The van der Waals surface area contributed by atoms with Crippen LogP contribution >= 0.6 is 0 Å². The van der Waals surface area contributed by atoms with Gasteiger partial charge in [0.25, 0.3) is 0 Å². The highest BCUT2D eigenvalue weighted by atomic mass is 19.4. The van der Waals surface area contributed by atoms with Gasteiger partial charge in [0.05, 0.1) is 11.5 Å². The molecule has 94 valence electrons. The number of ether oxygens (including phenoxy) is 1. The van der Waals surface area contributed by atoms with Crippen molar-refractivity contribution in [2.45, 2.75) is 12.8 Å². The lowest BCUT2D eigenvalue weighted by atomic mass is 10.2. The third kappa shape index (κ3) is 4.35. The van der Waals surface area contributed by atoms with Gasteiger partial charge in [-0.25, -0.2) is 0 Å². The summed E-state index contributed by atoms with van der Waals surface area (Å²) in [5.41, 5.74) is -0.637. The predicted octanol–water partition coefficient (Wildman–Crippen LogP) is 2.81. The Morgan fingerprint density at radius 3 is 2.47 bits per heavy atom. The molecule has 0 fully saturated rings. The first-order chi connectivity index (χ1) is 7.79. The maximum Gasteiger partial charge on any atom is 0.411 e. The van der Waals surface area contributed by atoms with E-state index in [-0.39, 0.29) is 5.56 Å². The number of hydrogen-bond donors (Lipinski definition) is 0. The fraction of sp³-hybridized carbons (Fsp3) is 0.333. The number of halogens is 4. The monoisotopic (exact) mass is 253 g/mol. The van der Waals surface area contributed by atoms with Crippen LogP contribution in [0.1, 0.15) is 5.56 Å². The molecular formula is C9H7F4NO3. The van der Waals surface area contributed by atoms with E-state index >= 15 is 0 Å². The van der Waals surface area contributed by atoms with Crippen molar-refractivity contribution in [1.82, 2.24) is 0 Å². The second-order valence-corrected chi connectivity index (χ2v) is 3.15. The summed E-state index contributed by atoms with van der Waals surface area (Å²) in [4.78, 5) is 9.34. The van der Waals surface area contributed by atoms with Gasteiger partial charge < -0.3 is 4.74 Å². The van der Waals surface area contributed by atoms with E-state index in [1.807, 2.05) is 0 Å². The lowest BCUT2D eigenvalue weighted by Gasteiger charge is -2.07. The summed E-state index contributed by atoms with van der Waals surface area (Å²) >= 11 is 0. The normalized spacial score (nSPS) is 11.5. The summed E-state index contributed by atoms with van der Waals surface area (Å²) in [5, 5.41) is 10.3. The molecule has 0 aliphatic rings. The average molecular weight is 253 g/mol. The first-order valence-electron chi connectivity index (χ1n) is 4.37. The Balaban J connectivity index is 2.62. The molecule has 0 heterocycles. The topological polar surface area (TPSA) is 52.4 Å². The molecule has 0 amide bonds. The van der Waals surface area contributed by atoms with Gasteiger partial charge in [0, 0.05) is 6.07 Å². The molecule has 0 saturated carbocycles. The molecule has 8 heteroatoms. The lowest BCUT2D eigenvalue weighted by Crippen LogP contribution is -2.16. The van der Waals surface area contributed by atoms with Crippen molar-refractivity contribution in [3.63, 3.8) is 0 Å². The maximum atomic E-state index is 13.0. The molecule has 0 saturated heterocycles. The van der Waals surface area contributed by atoms with E-state index in [0.29, 0.717) is 0 Å². The highest BCUT2D eigenvalue weighted by Crippen LogP contribution is 2.19. The van der Waals surface area contributed by atoms with Gasteiger partial charge in [-0.1, -0.05) is 0 Å². The summed E-state index contributed by atoms with van der Waals surface area (Å²) in [5.74, 6) is -1.11. The standard InChI is InChI=1S/C9H7F4NO3/c10-7-3-6(1-2-8(7)14(15)16)4-17-5-9(11,12)13/h1-3H,4-5H2. The van der Waals surface area contributed by atoms with Crippen LogP contribution in [0.5, 0.6) is 0 Å². The van der Waals surface area contributed by atoms with Gasteiger partial charge in [-0.2, -0.15) is 17.6 Å². The van der Waals surface area contributed by atoms with Gasteiger partial charge in [0.1, 0.15) is 6.61 Å². The molecular weight excluding hydrogens is 246 g/mol. The van der Waals surface area contributed by atoms with Gasteiger partial charge >= 0.3 is 11.9 Å². The van der Waals surface area contributed by atoms with E-state index in [0.717, 1.165) is 18.2 Å². The SMILES string of the molecule is O=[N+]([O-])c1ccc(COCC(F)(F)F)cc1F. The largest absolute Gasteiger partial charge is 0.411 e. The highest BCUT2D eigenvalue weighted by molar-refractivity contribution is 5.34. The van der Waals surface area contributed by atoms with E-state index in [4.69, 9.17) is 0 Å². The second-order valence-electron chi connectivity index (χ2n) is 3.15. The van der Waals surface area contributed by atoms with Crippen molar-refractivity contribution in [3.05, 3.63) is 39.7 Å². The van der Waals surface area contributed by atoms with Crippen molar-refractivity contribution in [3.8, 4) is 0 Å². The van der Waals surface area contributed by atoms with Crippen LogP contribution in [-0.2, 0) is 11.3 Å². The minimum atomic E-state index is -4.46. The van der Waals surface area contributed by atoms with Crippen molar-refractivity contribution in [2.75, 3.05) is 6.61 Å². The zero-order valence-electron chi connectivity index (χ0n) is 8.33. The summed E-state index contributed by atoms with van der Waals surface area (Å²) in [7, 11) is 0. The zero-order valence-corrected chi connectivity index (χ0v) is 8.33. The molecule has 4 nitrogen and oxygen atoms in total. The Bertz CT molecular complexity index is 419. The minimum Gasteiger partial charge on any atom is -0.367 e. The lowest BCUT2D eigenvalue weighted by molar-refractivity contribution is -0.387. The first-order valence-corrected chi connectivity index (χ1v) is 4.37. The smallest absolute Gasteiger partial charge is 0.367 e. The molecule has 1 aromatic carbocycles. The van der Waals surface area contributed by atoms with Crippen LogP contribution in [0.4, 0.5) is 23.2 Å². The molecule has 0 aliphatic heterocycles. The molecule has 0 unspecified atom stereocenters. The molecule has 0 atom stereocenters. The van der Waals surface area contributed by atoms with E-state index in [1.54, 1.807) is 0 Å². The molecule has 0 bridgehead atoms. The van der Waals surface area contributed by atoms with Crippen LogP contribution in [0, 0.1) is 15.9 Å². The zero-order chi connectivity index (χ0) is 13.1. The number of nitro groups is 1. The van der Waals surface area contributed by atoms with E-state index < -0.39 is 35.8 Å². The number of benzene rings is 1. The molecule has 17 heavy (non-hydrogen) atoms. The summed E-state index contributed by atoms with van der Waals surface area (Å²) in [6.07, 6.45) is -4.46. The number of rotatable bonds is 4. The third-order valence-corrected chi connectivity index (χ3v) is 1.74. The van der Waals surface area contributed by atoms with Gasteiger partial charge in [-0.15, -0.1) is 0 Å². The average Bonchev–Trinajstić information content (AvgIpc) is 2.15. The molecule has 1 rings (SSSR count).